The summed E-state index contributed by atoms with van der Waals surface area (Å²) in [6.45, 7) is 1.51. The molecule has 0 unspecified atom stereocenters. The summed E-state index contributed by atoms with van der Waals surface area (Å²) in [6, 6.07) is 20.3. The van der Waals surface area contributed by atoms with Gasteiger partial charge in [-0.25, -0.2) is 4.39 Å². The molecule has 4 aromatic rings. The Kier molecular flexibility index (Phi) is 5.60. The van der Waals surface area contributed by atoms with E-state index in [1.807, 2.05) is 36.4 Å². The van der Waals surface area contributed by atoms with Gasteiger partial charge in [0.05, 0.1) is 17.8 Å². The fourth-order valence-electron chi connectivity index (χ4n) is 3.15. The summed E-state index contributed by atoms with van der Waals surface area (Å²) in [7, 11) is 0. The number of rotatable bonds is 7. The highest BCUT2D eigenvalue weighted by atomic mass is 35.5. The molecule has 0 aliphatic heterocycles. The van der Waals surface area contributed by atoms with Crippen LogP contribution in [0, 0.1) is 5.82 Å². The Labute approximate surface area is 167 Å². The van der Waals surface area contributed by atoms with Gasteiger partial charge in [-0.3, -0.25) is 0 Å². The maximum atomic E-state index is 13.3. The number of benzene rings is 3. The molecule has 1 N–H and O–H groups in total. The highest BCUT2D eigenvalue weighted by molar-refractivity contribution is 6.31. The van der Waals surface area contributed by atoms with E-state index < -0.39 is 0 Å². The summed E-state index contributed by atoms with van der Waals surface area (Å²) in [5, 5.41) is 6.03. The van der Waals surface area contributed by atoms with Crippen LogP contribution in [0.15, 0.2) is 77.4 Å². The number of hydrogen-bond donors (Lipinski definition) is 1. The van der Waals surface area contributed by atoms with Gasteiger partial charge in [0.25, 0.3) is 0 Å². The Morgan fingerprint density at radius 1 is 0.964 bits per heavy atom. The van der Waals surface area contributed by atoms with Gasteiger partial charge in [-0.2, -0.15) is 0 Å². The van der Waals surface area contributed by atoms with Crippen LogP contribution in [0.2, 0.25) is 5.02 Å². The molecule has 0 amide bonds. The number of fused-ring (bicyclic) bond motifs is 1. The average molecular weight is 396 g/mol. The van der Waals surface area contributed by atoms with Gasteiger partial charge in [-0.1, -0.05) is 48.0 Å². The molecule has 0 saturated carbocycles. The predicted octanol–water partition coefficient (Wildman–Crippen LogP) is 6.09. The largest absolute Gasteiger partial charge is 0.488 e. The van der Waals surface area contributed by atoms with E-state index in [1.165, 1.54) is 12.1 Å². The molecule has 1 heterocycles. The molecule has 4 rings (SSSR count). The van der Waals surface area contributed by atoms with Crippen LogP contribution in [-0.4, -0.2) is 0 Å². The maximum Gasteiger partial charge on any atom is 0.124 e. The minimum atomic E-state index is -0.359. The zero-order chi connectivity index (χ0) is 19.3. The standard InChI is InChI=1S/C23H19ClFNO2/c24-22-12-18(25)9-7-17(22)15-28-23-10-8-16-4-1-2-6-20(16)21(23)14-26-13-19-5-3-11-27-19/h1-12,26H,13-15H2. The third-order valence-corrected chi connectivity index (χ3v) is 4.93. The summed E-state index contributed by atoms with van der Waals surface area (Å²) >= 11 is 6.13. The Bertz CT molecular complexity index is 1080. The van der Waals surface area contributed by atoms with Crippen molar-refractivity contribution < 1.29 is 13.5 Å². The third kappa shape index (κ3) is 4.19. The van der Waals surface area contributed by atoms with Crippen molar-refractivity contribution in [3.05, 3.63) is 101 Å². The number of hydrogen-bond acceptors (Lipinski definition) is 3. The predicted molar refractivity (Wildman–Crippen MR) is 109 cm³/mol. The first kappa shape index (κ1) is 18.5. The number of furan rings is 1. The molecule has 28 heavy (non-hydrogen) atoms. The van der Waals surface area contributed by atoms with Crippen LogP contribution in [0.4, 0.5) is 4.39 Å². The van der Waals surface area contributed by atoms with Crippen LogP contribution in [0.3, 0.4) is 0 Å². The second-order valence-electron chi connectivity index (χ2n) is 6.47. The van der Waals surface area contributed by atoms with E-state index in [2.05, 4.69) is 17.4 Å². The van der Waals surface area contributed by atoms with E-state index in [-0.39, 0.29) is 12.4 Å². The molecule has 0 atom stereocenters. The smallest absolute Gasteiger partial charge is 0.124 e. The van der Waals surface area contributed by atoms with Crippen molar-refractivity contribution in [1.82, 2.24) is 5.32 Å². The van der Waals surface area contributed by atoms with Gasteiger partial charge in [-0.05, 0) is 41.1 Å². The minimum Gasteiger partial charge on any atom is -0.488 e. The molecule has 0 radical (unpaired) electrons. The van der Waals surface area contributed by atoms with Gasteiger partial charge >= 0.3 is 0 Å². The Morgan fingerprint density at radius 2 is 1.86 bits per heavy atom. The molecule has 0 aliphatic rings. The van der Waals surface area contributed by atoms with Crippen LogP contribution in [-0.2, 0) is 19.7 Å². The molecular weight excluding hydrogens is 377 g/mol. The lowest BCUT2D eigenvalue weighted by molar-refractivity contribution is 0.302. The quantitative estimate of drug-likeness (QED) is 0.411. The molecule has 0 spiro atoms. The molecule has 0 saturated heterocycles. The molecule has 3 aromatic carbocycles. The van der Waals surface area contributed by atoms with Gasteiger partial charge in [0.2, 0.25) is 0 Å². The van der Waals surface area contributed by atoms with Crippen LogP contribution in [0.25, 0.3) is 10.8 Å². The van der Waals surface area contributed by atoms with E-state index >= 15 is 0 Å². The molecule has 142 valence electrons. The van der Waals surface area contributed by atoms with E-state index in [1.54, 1.807) is 12.3 Å². The van der Waals surface area contributed by atoms with E-state index in [9.17, 15) is 4.39 Å². The van der Waals surface area contributed by atoms with Crippen molar-refractivity contribution in [2.24, 2.45) is 0 Å². The minimum absolute atomic E-state index is 0.267. The molecular formula is C23H19ClFNO2. The SMILES string of the molecule is Fc1ccc(COc2ccc3ccccc3c2CNCc2ccco2)c(Cl)c1. The summed E-state index contributed by atoms with van der Waals surface area (Å²) < 4.78 is 24.7. The maximum absolute atomic E-state index is 13.3. The first-order valence-electron chi connectivity index (χ1n) is 9.01. The number of nitrogens with one attached hydrogen (secondary N) is 1. The van der Waals surface area contributed by atoms with Gasteiger partial charge in [0.1, 0.15) is 23.9 Å². The highest BCUT2D eigenvalue weighted by Gasteiger charge is 2.11. The third-order valence-electron chi connectivity index (χ3n) is 4.58. The van der Waals surface area contributed by atoms with Crippen molar-refractivity contribution >= 4 is 22.4 Å². The molecule has 5 heteroatoms. The highest BCUT2D eigenvalue weighted by Crippen LogP contribution is 2.29. The van der Waals surface area contributed by atoms with Crippen LogP contribution in [0.1, 0.15) is 16.9 Å². The van der Waals surface area contributed by atoms with Crippen LogP contribution in [0.5, 0.6) is 5.75 Å². The Balaban J connectivity index is 1.57. The molecule has 1 aromatic heterocycles. The van der Waals surface area contributed by atoms with E-state index in [0.717, 1.165) is 33.4 Å². The summed E-state index contributed by atoms with van der Waals surface area (Å²) in [4.78, 5) is 0. The van der Waals surface area contributed by atoms with Crippen molar-refractivity contribution in [1.29, 1.82) is 0 Å². The lowest BCUT2D eigenvalue weighted by Gasteiger charge is -2.15. The number of halogens is 2. The van der Waals surface area contributed by atoms with E-state index in [4.69, 9.17) is 20.8 Å². The Morgan fingerprint density at radius 3 is 2.68 bits per heavy atom. The van der Waals surface area contributed by atoms with Crippen molar-refractivity contribution in [3.8, 4) is 5.75 Å². The van der Waals surface area contributed by atoms with Crippen LogP contribution >= 0.6 is 11.6 Å². The summed E-state index contributed by atoms with van der Waals surface area (Å²) in [5.74, 6) is 1.29. The first-order chi connectivity index (χ1) is 13.7. The van der Waals surface area contributed by atoms with Gasteiger partial charge < -0.3 is 14.5 Å². The normalized spacial score (nSPS) is 11.1. The van der Waals surface area contributed by atoms with Gasteiger partial charge in [-0.15, -0.1) is 0 Å². The lowest BCUT2D eigenvalue weighted by Crippen LogP contribution is -2.13. The Hall–Kier alpha value is -2.82. The van der Waals surface area contributed by atoms with Crippen molar-refractivity contribution in [2.75, 3.05) is 0 Å². The molecule has 3 nitrogen and oxygen atoms in total. The van der Waals surface area contributed by atoms with E-state index in [0.29, 0.717) is 18.1 Å². The van der Waals surface area contributed by atoms with Gasteiger partial charge in [0, 0.05) is 17.7 Å². The monoisotopic (exact) mass is 395 g/mol. The zero-order valence-corrected chi connectivity index (χ0v) is 15.9. The molecule has 0 aliphatic carbocycles. The zero-order valence-electron chi connectivity index (χ0n) is 15.1. The van der Waals surface area contributed by atoms with Crippen molar-refractivity contribution in [3.63, 3.8) is 0 Å². The molecule has 0 fully saturated rings. The fourth-order valence-corrected chi connectivity index (χ4v) is 3.37. The lowest BCUT2D eigenvalue weighted by atomic mass is 10.0. The first-order valence-corrected chi connectivity index (χ1v) is 9.39. The average Bonchev–Trinajstić information content (AvgIpc) is 3.21. The van der Waals surface area contributed by atoms with Crippen LogP contribution < -0.4 is 10.1 Å². The molecule has 0 bridgehead atoms. The second kappa shape index (κ2) is 8.46. The van der Waals surface area contributed by atoms with Crippen molar-refractivity contribution in [2.45, 2.75) is 19.7 Å². The van der Waals surface area contributed by atoms with Gasteiger partial charge in [0.15, 0.2) is 0 Å². The number of ether oxygens (including phenoxy) is 1. The fraction of sp³-hybridized carbons (Fsp3) is 0.130. The summed E-state index contributed by atoms with van der Waals surface area (Å²) in [6.07, 6.45) is 1.66. The summed E-state index contributed by atoms with van der Waals surface area (Å²) in [5.41, 5.74) is 1.80. The topological polar surface area (TPSA) is 34.4 Å². The second-order valence-corrected chi connectivity index (χ2v) is 6.88.